The van der Waals surface area contributed by atoms with Crippen LogP contribution in [0.5, 0.6) is 0 Å². The van der Waals surface area contributed by atoms with Crippen LogP contribution in [0.3, 0.4) is 0 Å². The van der Waals surface area contributed by atoms with Gasteiger partial charge in [0.15, 0.2) is 5.78 Å². The van der Waals surface area contributed by atoms with E-state index in [-0.39, 0.29) is 0 Å². The molecule has 0 aliphatic heterocycles. The van der Waals surface area contributed by atoms with Gasteiger partial charge in [-0.25, -0.2) is 0 Å². The fourth-order valence-electron chi connectivity index (χ4n) is 3.11. The van der Waals surface area contributed by atoms with Crippen LogP contribution in [0.4, 0.5) is 0 Å². The van der Waals surface area contributed by atoms with Gasteiger partial charge >= 0.3 is 0 Å². The third-order valence-electron chi connectivity index (χ3n) is 3.77. The van der Waals surface area contributed by atoms with Crippen LogP contribution in [0.15, 0.2) is 24.3 Å². The van der Waals surface area contributed by atoms with Crippen LogP contribution in [0.2, 0.25) is 0 Å². The highest BCUT2D eigenvalue weighted by atomic mass is 16.1. The average molecular weight is 186 g/mol. The van der Waals surface area contributed by atoms with Crippen LogP contribution in [-0.4, -0.2) is 5.78 Å². The van der Waals surface area contributed by atoms with Gasteiger partial charge in [0, 0.05) is 12.0 Å². The number of hydrogen-bond acceptors (Lipinski definition) is 1. The molecule has 1 aromatic carbocycles. The molecular weight excluding hydrogens is 172 g/mol. The van der Waals surface area contributed by atoms with Gasteiger partial charge in [0.2, 0.25) is 0 Å². The predicted molar refractivity (Wildman–Crippen MR) is 55.5 cm³/mol. The zero-order chi connectivity index (χ0) is 9.54. The van der Waals surface area contributed by atoms with Crippen LogP contribution in [0, 0.1) is 5.92 Å². The standard InChI is InChI=1S/C13H14O/c14-13-8-9-4-3-7-10(9)11-5-1-2-6-12(11)13/h1-2,5-6,9-10H,3-4,7-8H2. The Morgan fingerprint density at radius 1 is 1.14 bits per heavy atom. The molecule has 0 N–H and O–H groups in total. The van der Waals surface area contributed by atoms with Crippen molar-refractivity contribution in [3.8, 4) is 0 Å². The molecule has 0 radical (unpaired) electrons. The van der Waals surface area contributed by atoms with Gasteiger partial charge in [-0.2, -0.15) is 0 Å². The Kier molecular flexibility index (Phi) is 1.73. The van der Waals surface area contributed by atoms with Crippen molar-refractivity contribution in [2.45, 2.75) is 31.6 Å². The topological polar surface area (TPSA) is 17.1 Å². The Morgan fingerprint density at radius 2 is 2.00 bits per heavy atom. The van der Waals surface area contributed by atoms with E-state index in [4.69, 9.17) is 0 Å². The van der Waals surface area contributed by atoms with Crippen LogP contribution in [-0.2, 0) is 0 Å². The number of Topliss-reactive ketones (excluding diaryl/α,β-unsaturated/α-hetero) is 1. The second-order valence-electron chi connectivity index (χ2n) is 4.51. The molecular formula is C13H14O. The fraction of sp³-hybridized carbons (Fsp3) is 0.462. The van der Waals surface area contributed by atoms with Gasteiger partial charge in [-0.05, 0) is 30.2 Å². The van der Waals surface area contributed by atoms with E-state index < -0.39 is 0 Å². The van der Waals surface area contributed by atoms with Crippen LogP contribution >= 0.6 is 0 Å². The summed E-state index contributed by atoms with van der Waals surface area (Å²) in [7, 11) is 0. The van der Waals surface area contributed by atoms with Crippen molar-refractivity contribution in [3.63, 3.8) is 0 Å². The largest absolute Gasteiger partial charge is 0.294 e. The molecule has 3 rings (SSSR count). The second kappa shape index (κ2) is 2.94. The number of carbonyl (C=O) groups is 1. The maximum Gasteiger partial charge on any atom is 0.163 e. The number of ketones is 1. The van der Waals surface area contributed by atoms with Gasteiger partial charge < -0.3 is 0 Å². The molecule has 1 saturated carbocycles. The van der Waals surface area contributed by atoms with Crippen molar-refractivity contribution in [1.29, 1.82) is 0 Å². The minimum Gasteiger partial charge on any atom is -0.294 e. The second-order valence-corrected chi connectivity index (χ2v) is 4.51. The first-order valence-electron chi connectivity index (χ1n) is 5.48. The van der Waals surface area contributed by atoms with Gasteiger partial charge in [-0.1, -0.05) is 30.7 Å². The summed E-state index contributed by atoms with van der Waals surface area (Å²) >= 11 is 0. The third-order valence-corrected chi connectivity index (χ3v) is 3.77. The Labute approximate surface area is 84.1 Å². The number of benzene rings is 1. The summed E-state index contributed by atoms with van der Waals surface area (Å²) in [4.78, 5) is 11.8. The molecule has 2 aliphatic rings. The molecule has 0 aromatic heterocycles. The molecule has 2 atom stereocenters. The van der Waals surface area contributed by atoms with E-state index in [1.54, 1.807) is 0 Å². The van der Waals surface area contributed by atoms with E-state index in [1.807, 2.05) is 12.1 Å². The van der Waals surface area contributed by atoms with Crippen molar-refractivity contribution in [2.24, 2.45) is 5.92 Å². The summed E-state index contributed by atoms with van der Waals surface area (Å²) in [6.45, 7) is 0. The minimum atomic E-state index is 0.365. The maximum atomic E-state index is 11.8. The molecule has 2 unspecified atom stereocenters. The van der Waals surface area contributed by atoms with E-state index in [1.165, 1.54) is 24.8 Å². The summed E-state index contributed by atoms with van der Waals surface area (Å²) in [5, 5.41) is 0. The van der Waals surface area contributed by atoms with Crippen LogP contribution in [0.25, 0.3) is 0 Å². The van der Waals surface area contributed by atoms with Gasteiger partial charge in [0.25, 0.3) is 0 Å². The van der Waals surface area contributed by atoms with Crippen LogP contribution in [0.1, 0.15) is 47.5 Å². The summed E-state index contributed by atoms with van der Waals surface area (Å²) in [6, 6.07) is 8.18. The van der Waals surface area contributed by atoms with Gasteiger partial charge in [-0.3, -0.25) is 4.79 Å². The zero-order valence-electron chi connectivity index (χ0n) is 8.20. The molecule has 0 amide bonds. The summed E-state index contributed by atoms with van der Waals surface area (Å²) in [6.07, 6.45) is 4.64. The van der Waals surface area contributed by atoms with E-state index in [0.29, 0.717) is 17.6 Å². The first kappa shape index (κ1) is 8.22. The van der Waals surface area contributed by atoms with Crippen molar-refractivity contribution in [1.82, 2.24) is 0 Å². The summed E-state index contributed by atoms with van der Waals surface area (Å²) < 4.78 is 0. The monoisotopic (exact) mass is 186 g/mol. The molecule has 1 aromatic rings. The lowest BCUT2D eigenvalue weighted by molar-refractivity contribution is 0.0943. The third kappa shape index (κ3) is 1.05. The first-order chi connectivity index (χ1) is 6.86. The molecule has 0 spiro atoms. The molecule has 1 fully saturated rings. The van der Waals surface area contributed by atoms with E-state index >= 15 is 0 Å². The molecule has 1 heteroatoms. The number of fused-ring (bicyclic) bond motifs is 3. The molecule has 0 heterocycles. The molecule has 2 aliphatic carbocycles. The Bertz CT molecular complexity index is 381. The highest BCUT2D eigenvalue weighted by Gasteiger charge is 2.36. The van der Waals surface area contributed by atoms with E-state index in [2.05, 4.69) is 12.1 Å². The Morgan fingerprint density at radius 3 is 2.93 bits per heavy atom. The minimum absolute atomic E-state index is 0.365. The summed E-state index contributed by atoms with van der Waals surface area (Å²) in [5.74, 6) is 1.70. The molecule has 1 nitrogen and oxygen atoms in total. The lowest BCUT2D eigenvalue weighted by Gasteiger charge is -2.27. The molecule has 14 heavy (non-hydrogen) atoms. The first-order valence-corrected chi connectivity index (χ1v) is 5.48. The van der Waals surface area contributed by atoms with E-state index in [9.17, 15) is 4.79 Å². The predicted octanol–water partition coefficient (Wildman–Crippen LogP) is 3.16. The van der Waals surface area contributed by atoms with E-state index in [0.717, 1.165) is 12.0 Å². The normalized spacial score (nSPS) is 29.9. The van der Waals surface area contributed by atoms with Crippen molar-refractivity contribution in [3.05, 3.63) is 35.4 Å². The fourth-order valence-corrected chi connectivity index (χ4v) is 3.11. The highest BCUT2D eigenvalue weighted by molar-refractivity contribution is 5.99. The number of carbonyl (C=O) groups excluding carboxylic acids is 1. The quantitative estimate of drug-likeness (QED) is 0.608. The van der Waals surface area contributed by atoms with Crippen molar-refractivity contribution < 1.29 is 4.79 Å². The average Bonchev–Trinajstić information content (AvgIpc) is 2.66. The van der Waals surface area contributed by atoms with Gasteiger partial charge in [0.1, 0.15) is 0 Å². The van der Waals surface area contributed by atoms with Crippen LogP contribution < -0.4 is 0 Å². The lowest BCUT2D eigenvalue weighted by Crippen LogP contribution is -2.21. The summed E-state index contributed by atoms with van der Waals surface area (Å²) in [5.41, 5.74) is 2.32. The smallest absolute Gasteiger partial charge is 0.163 e. The Balaban J connectivity index is 2.13. The number of rotatable bonds is 0. The zero-order valence-corrected chi connectivity index (χ0v) is 8.20. The molecule has 0 saturated heterocycles. The maximum absolute atomic E-state index is 11.8. The molecule has 0 bridgehead atoms. The highest BCUT2D eigenvalue weighted by Crippen LogP contribution is 2.46. The van der Waals surface area contributed by atoms with Crippen molar-refractivity contribution in [2.75, 3.05) is 0 Å². The number of hydrogen-bond donors (Lipinski definition) is 0. The van der Waals surface area contributed by atoms with Gasteiger partial charge in [-0.15, -0.1) is 0 Å². The van der Waals surface area contributed by atoms with Crippen molar-refractivity contribution >= 4 is 5.78 Å². The van der Waals surface area contributed by atoms with Gasteiger partial charge in [0.05, 0.1) is 0 Å². The molecule has 72 valence electrons. The SMILES string of the molecule is O=C1CC2CCCC2c2ccccc21. The lowest BCUT2D eigenvalue weighted by atomic mass is 9.76. The Hall–Kier alpha value is -1.11.